The van der Waals surface area contributed by atoms with E-state index in [-0.39, 0.29) is 6.67 Å². The summed E-state index contributed by atoms with van der Waals surface area (Å²) in [6.45, 7) is -0.235. The van der Waals surface area contributed by atoms with E-state index < -0.39 is 0 Å². The van der Waals surface area contributed by atoms with Crippen LogP contribution >= 0.6 is 0 Å². The Bertz CT molecular complexity index is 248. The smallest absolute Gasteiger partial charge is 0.118 e. The van der Waals surface area contributed by atoms with Gasteiger partial charge in [-0.3, -0.25) is 4.39 Å². The average Bonchev–Trinajstić information content (AvgIpc) is 2.15. The van der Waals surface area contributed by atoms with Crippen molar-refractivity contribution in [3.05, 3.63) is 29.8 Å². The summed E-state index contributed by atoms with van der Waals surface area (Å²) >= 11 is 0. The molecule has 0 aliphatic heterocycles. The summed E-state index contributed by atoms with van der Waals surface area (Å²) in [5.41, 5.74) is 0.960. The highest BCUT2D eigenvalue weighted by molar-refractivity contribution is 5.31. The molecule has 0 spiro atoms. The first kappa shape index (κ1) is 10.0. The normalized spacial score (nSPS) is 10.2. The van der Waals surface area contributed by atoms with Crippen molar-refractivity contribution >= 4 is 0 Å². The molecule has 0 bridgehead atoms. The Morgan fingerprint density at radius 1 is 1.08 bits per heavy atom. The highest BCUT2D eigenvalue weighted by Crippen LogP contribution is 2.18. The van der Waals surface area contributed by atoms with E-state index in [1.54, 1.807) is 12.1 Å². The van der Waals surface area contributed by atoms with Gasteiger partial charge in [-0.05, 0) is 30.9 Å². The number of hydrogen-bond acceptors (Lipinski definition) is 1. The Morgan fingerprint density at radius 2 is 1.85 bits per heavy atom. The molecule has 0 amide bonds. The topological polar surface area (TPSA) is 20.2 Å². The molecule has 0 atom stereocenters. The summed E-state index contributed by atoms with van der Waals surface area (Å²) in [5.74, 6) is 0.350. The van der Waals surface area contributed by atoms with Gasteiger partial charge in [0.15, 0.2) is 0 Å². The predicted octanol–water partition coefficient (Wildman–Crippen LogP) is 3.07. The fourth-order valence-electron chi connectivity index (χ4n) is 1.31. The number of unbranched alkanes of at least 4 members (excludes halogenated alkanes) is 2. The lowest BCUT2D eigenvalue weighted by Gasteiger charge is -2.02. The molecule has 1 rings (SSSR count). The van der Waals surface area contributed by atoms with Crippen LogP contribution in [0.25, 0.3) is 0 Å². The van der Waals surface area contributed by atoms with Crippen LogP contribution in [-0.4, -0.2) is 11.8 Å². The van der Waals surface area contributed by atoms with Gasteiger partial charge in [0.05, 0.1) is 6.67 Å². The molecule has 1 N–H and O–H groups in total. The zero-order valence-electron chi connectivity index (χ0n) is 7.67. The summed E-state index contributed by atoms with van der Waals surface area (Å²) in [5, 5.41) is 9.39. The van der Waals surface area contributed by atoms with E-state index in [0.29, 0.717) is 12.2 Å². The molecule has 13 heavy (non-hydrogen) atoms. The van der Waals surface area contributed by atoms with E-state index in [2.05, 4.69) is 0 Å². The first-order chi connectivity index (χ1) is 6.34. The highest BCUT2D eigenvalue weighted by Gasteiger charge is 1.98. The number of phenolic OH excluding ortho intramolecular Hbond substituents is 1. The fraction of sp³-hybridized carbons (Fsp3) is 0.455. The lowest BCUT2D eigenvalue weighted by atomic mass is 10.1. The van der Waals surface area contributed by atoms with Gasteiger partial charge in [-0.1, -0.05) is 24.6 Å². The Labute approximate surface area is 78.2 Å². The SMILES string of the molecule is Oc1ccccc1CCCCCF. The molecule has 1 aromatic carbocycles. The highest BCUT2D eigenvalue weighted by atomic mass is 19.1. The van der Waals surface area contributed by atoms with Crippen LogP contribution in [0.5, 0.6) is 5.75 Å². The maximum absolute atomic E-state index is 11.7. The van der Waals surface area contributed by atoms with Crippen molar-refractivity contribution in [1.82, 2.24) is 0 Å². The summed E-state index contributed by atoms with van der Waals surface area (Å²) in [6.07, 6.45) is 3.31. The molecule has 0 aliphatic carbocycles. The largest absolute Gasteiger partial charge is 0.508 e. The van der Waals surface area contributed by atoms with Crippen LogP contribution < -0.4 is 0 Å². The van der Waals surface area contributed by atoms with Gasteiger partial charge in [-0.25, -0.2) is 0 Å². The molecule has 0 radical (unpaired) electrons. The number of hydrogen-bond donors (Lipinski definition) is 1. The minimum Gasteiger partial charge on any atom is -0.508 e. The lowest BCUT2D eigenvalue weighted by Crippen LogP contribution is -1.87. The van der Waals surface area contributed by atoms with E-state index in [0.717, 1.165) is 24.8 Å². The van der Waals surface area contributed by atoms with Crippen LogP contribution in [-0.2, 0) is 6.42 Å². The van der Waals surface area contributed by atoms with Crippen LogP contribution in [0.1, 0.15) is 24.8 Å². The van der Waals surface area contributed by atoms with Gasteiger partial charge in [0.1, 0.15) is 5.75 Å². The van der Waals surface area contributed by atoms with Crippen LogP contribution in [0, 0.1) is 0 Å². The second-order valence-electron chi connectivity index (χ2n) is 3.13. The summed E-state index contributed by atoms with van der Waals surface area (Å²) in [7, 11) is 0. The van der Waals surface area contributed by atoms with Gasteiger partial charge < -0.3 is 5.11 Å². The molecule has 2 heteroatoms. The molecule has 0 heterocycles. The molecule has 1 aromatic rings. The molecular weight excluding hydrogens is 167 g/mol. The minimum absolute atomic E-state index is 0.235. The molecule has 0 aromatic heterocycles. The van der Waals surface area contributed by atoms with Crippen molar-refractivity contribution in [2.75, 3.05) is 6.67 Å². The Morgan fingerprint density at radius 3 is 2.54 bits per heavy atom. The first-order valence-corrected chi connectivity index (χ1v) is 4.67. The third-order valence-electron chi connectivity index (χ3n) is 2.07. The Kier molecular flexibility index (Phi) is 4.30. The molecule has 0 saturated carbocycles. The molecule has 0 saturated heterocycles. The molecule has 0 fully saturated rings. The van der Waals surface area contributed by atoms with Crippen molar-refractivity contribution in [3.63, 3.8) is 0 Å². The molecule has 1 nitrogen and oxygen atoms in total. The van der Waals surface area contributed by atoms with Crippen LogP contribution in [0.2, 0.25) is 0 Å². The number of aryl methyl sites for hydroxylation is 1. The quantitative estimate of drug-likeness (QED) is 0.694. The van der Waals surface area contributed by atoms with Crippen molar-refractivity contribution < 1.29 is 9.50 Å². The second kappa shape index (κ2) is 5.57. The van der Waals surface area contributed by atoms with Crippen molar-refractivity contribution in [2.24, 2.45) is 0 Å². The standard InChI is InChI=1S/C11H15FO/c12-9-5-1-2-6-10-7-3-4-8-11(10)13/h3-4,7-8,13H,1-2,5-6,9H2. The number of alkyl halides is 1. The maximum Gasteiger partial charge on any atom is 0.118 e. The number of para-hydroxylation sites is 1. The molecule has 0 aliphatic rings. The van der Waals surface area contributed by atoms with E-state index in [1.807, 2.05) is 12.1 Å². The van der Waals surface area contributed by atoms with Crippen LogP contribution in [0.4, 0.5) is 4.39 Å². The zero-order chi connectivity index (χ0) is 9.52. The second-order valence-corrected chi connectivity index (χ2v) is 3.13. The lowest BCUT2D eigenvalue weighted by molar-refractivity contribution is 0.450. The van der Waals surface area contributed by atoms with Crippen molar-refractivity contribution in [1.29, 1.82) is 0 Å². The van der Waals surface area contributed by atoms with E-state index in [1.165, 1.54) is 0 Å². The summed E-state index contributed by atoms with van der Waals surface area (Å²) in [4.78, 5) is 0. The number of aromatic hydroxyl groups is 1. The summed E-state index contributed by atoms with van der Waals surface area (Å²) < 4.78 is 11.7. The van der Waals surface area contributed by atoms with Gasteiger partial charge >= 0.3 is 0 Å². The van der Waals surface area contributed by atoms with Gasteiger partial charge in [0, 0.05) is 0 Å². The first-order valence-electron chi connectivity index (χ1n) is 4.67. The average molecular weight is 182 g/mol. The van der Waals surface area contributed by atoms with Gasteiger partial charge in [0.25, 0.3) is 0 Å². The number of phenols is 1. The zero-order valence-corrected chi connectivity index (χ0v) is 7.67. The maximum atomic E-state index is 11.7. The van der Waals surface area contributed by atoms with Crippen LogP contribution in [0.3, 0.4) is 0 Å². The third kappa shape index (κ3) is 3.45. The third-order valence-corrected chi connectivity index (χ3v) is 2.07. The van der Waals surface area contributed by atoms with Gasteiger partial charge in [-0.2, -0.15) is 0 Å². The number of benzene rings is 1. The fourth-order valence-corrected chi connectivity index (χ4v) is 1.31. The van der Waals surface area contributed by atoms with E-state index in [4.69, 9.17) is 0 Å². The van der Waals surface area contributed by atoms with E-state index in [9.17, 15) is 9.50 Å². The summed E-state index contributed by atoms with van der Waals surface area (Å²) in [6, 6.07) is 7.31. The minimum atomic E-state index is -0.235. The van der Waals surface area contributed by atoms with Gasteiger partial charge in [0.2, 0.25) is 0 Å². The number of rotatable bonds is 5. The predicted molar refractivity (Wildman–Crippen MR) is 51.6 cm³/mol. The van der Waals surface area contributed by atoms with Crippen molar-refractivity contribution in [3.8, 4) is 5.75 Å². The Hall–Kier alpha value is -1.05. The van der Waals surface area contributed by atoms with Crippen molar-refractivity contribution in [2.45, 2.75) is 25.7 Å². The van der Waals surface area contributed by atoms with Crippen LogP contribution in [0.15, 0.2) is 24.3 Å². The number of halogens is 1. The Balaban J connectivity index is 2.32. The van der Waals surface area contributed by atoms with Gasteiger partial charge in [-0.15, -0.1) is 0 Å². The van der Waals surface area contributed by atoms with E-state index >= 15 is 0 Å². The molecule has 0 unspecified atom stereocenters. The monoisotopic (exact) mass is 182 g/mol. The molecular formula is C11H15FO. The molecule has 72 valence electrons.